The summed E-state index contributed by atoms with van der Waals surface area (Å²) in [5, 5.41) is 0. The van der Waals surface area contributed by atoms with Crippen molar-refractivity contribution in [2.24, 2.45) is 0 Å². The summed E-state index contributed by atoms with van der Waals surface area (Å²) in [6.45, 7) is 7.27. The Hall–Kier alpha value is -0.0400. The van der Waals surface area contributed by atoms with Crippen LogP contribution in [0.15, 0.2) is 0 Å². The van der Waals surface area contributed by atoms with Crippen LogP contribution in [0.5, 0.6) is 0 Å². The van der Waals surface area contributed by atoms with Gasteiger partial charge in [-0.25, -0.2) is 0 Å². The van der Waals surface area contributed by atoms with Gasteiger partial charge in [0.1, 0.15) is 0 Å². The molecule has 0 N–H and O–H groups in total. The van der Waals surface area contributed by atoms with Gasteiger partial charge in [0.2, 0.25) is 0 Å². The van der Waals surface area contributed by atoms with Gasteiger partial charge in [-0.15, -0.1) is 0 Å². The highest BCUT2D eigenvalue weighted by Gasteiger charge is 2.18. The Kier molecular flexibility index (Phi) is 10.5. The Morgan fingerprint density at radius 3 is 1.89 bits per heavy atom. The first-order chi connectivity index (χ1) is 9.38. The van der Waals surface area contributed by atoms with Gasteiger partial charge in [-0.05, 0) is 32.4 Å². The lowest BCUT2D eigenvalue weighted by atomic mass is 9.94. The Labute approximate surface area is 122 Å². The van der Waals surface area contributed by atoms with Gasteiger partial charge in [0.05, 0.1) is 0 Å². The molecule has 1 rings (SSSR count). The SMILES string of the molecule is CCCCCCCCCCN(CC)C1CCCCC1. The lowest BCUT2D eigenvalue weighted by Gasteiger charge is -2.33. The van der Waals surface area contributed by atoms with E-state index < -0.39 is 0 Å². The van der Waals surface area contributed by atoms with Crippen LogP contribution in [0.1, 0.15) is 97.3 Å². The summed E-state index contributed by atoms with van der Waals surface area (Å²) in [7, 11) is 0. The Balaban J connectivity index is 1.96. The number of hydrogen-bond donors (Lipinski definition) is 0. The van der Waals surface area contributed by atoms with Gasteiger partial charge >= 0.3 is 0 Å². The smallest absolute Gasteiger partial charge is 0.00951 e. The van der Waals surface area contributed by atoms with Crippen molar-refractivity contribution in [3.05, 3.63) is 0 Å². The molecule has 114 valence electrons. The molecule has 0 amide bonds. The van der Waals surface area contributed by atoms with E-state index in [9.17, 15) is 0 Å². The molecular weight excluding hydrogens is 230 g/mol. The molecule has 0 heterocycles. The zero-order valence-electron chi connectivity index (χ0n) is 13.6. The predicted molar refractivity (Wildman–Crippen MR) is 86.7 cm³/mol. The van der Waals surface area contributed by atoms with E-state index in [1.165, 1.54) is 96.6 Å². The summed E-state index contributed by atoms with van der Waals surface area (Å²) in [6.07, 6.45) is 18.9. The van der Waals surface area contributed by atoms with E-state index in [1.54, 1.807) is 0 Å². The van der Waals surface area contributed by atoms with Gasteiger partial charge in [-0.1, -0.05) is 78.1 Å². The zero-order chi connectivity index (χ0) is 13.8. The molecule has 1 aliphatic rings. The number of rotatable bonds is 11. The minimum Gasteiger partial charge on any atom is -0.301 e. The van der Waals surface area contributed by atoms with Gasteiger partial charge in [-0.2, -0.15) is 0 Å². The van der Waals surface area contributed by atoms with E-state index in [2.05, 4.69) is 18.7 Å². The van der Waals surface area contributed by atoms with Crippen LogP contribution in [0.25, 0.3) is 0 Å². The summed E-state index contributed by atoms with van der Waals surface area (Å²) >= 11 is 0. The number of hydrogen-bond acceptors (Lipinski definition) is 1. The quantitative estimate of drug-likeness (QED) is 0.429. The maximum Gasteiger partial charge on any atom is 0.00951 e. The second-order valence-electron chi connectivity index (χ2n) is 6.40. The van der Waals surface area contributed by atoms with Crippen LogP contribution in [0.2, 0.25) is 0 Å². The molecule has 1 fully saturated rings. The van der Waals surface area contributed by atoms with Crippen LogP contribution in [-0.4, -0.2) is 24.0 Å². The topological polar surface area (TPSA) is 3.24 Å². The molecule has 0 aromatic heterocycles. The lowest BCUT2D eigenvalue weighted by molar-refractivity contribution is 0.160. The van der Waals surface area contributed by atoms with Crippen LogP contribution in [0.3, 0.4) is 0 Å². The molecule has 0 atom stereocenters. The molecule has 1 nitrogen and oxygen atoms in total. The first-order valence-electron chi connectivity index (χ1n) is 9.12. The molecule has 0 radical (unpaired) electrons. The second kappa shape index (κ2) is 11.8. The molecule has 0 unspecified atom stereocenters. The first-order valence-corrected chi connectivity index (χ1v) is 9.12. The molecule has 1 heteroatoms. The molecule has 0 bridgehead atoms. The third kappa shape index (κ3) is 7.97. The van der Waals surface area contributed by atoms with E-state index in [0.717, 1.165) is 6.04 Å². The highest BCUT2D eigenvalue weighted by atomic mass is 15.1. The van der Waals surface area contributed by atoms with E-state index >= 15 is 0 Å². The van der Waals surface area contributed by atoms with Crippen molar-refractivity contribution in [3.63, 3.8) is 0 Å². The maximum atomic E-state index is 2.76. The lowest BCUT2D eigenvalue weighted by Crippen LogP contribution is -2.37. The molecule has 1 aliphatic carbocycles. The van der Waals surface area contributed by atoms with Crippen LogP contribution in [0, 0.1) is 0 Å². The van der Waals surface area contributed by atoms with Crippen molar-refractivity contribution in [3.8, 4) is 0 Å². The third-order valence-electron chi connectivity index (χ3n) is 4.80. The highest BCUT2D eigenvalue weighted by Crippen LogP contribution is 2.22. The standard InChI is InChI=1S/C18H37N/c1-3-5-6-7-8-9-10-14-17-19(4-2)18-15-12-11-13-16-18/h18H,3-17H2,1-2H3. The van der Waals surface area contributed by atoms with Gasteiger partial charge in [0, 0.05) is 6.04 Å². The van der Waals surface area contributed by atoms with E-state index in [0.29, 0.717) is 0 Å². The van der Waals surface area contributed by atoms with E-state index in [4.69, 9.17) is 0 Å². The van der Waals surface area contributed by atoms with Crippen molar-refractivity contribution < 1.29 is 0 Å². The van der Waals surface area contributed by atoms with E-state index in [-0.39, 0.29) is 0 Å². The maximum absolute atomic E-state index is 2.76. The molecule has 0 spiro atoms. The second-order valence-corrected chi connectivity index (χ2v) is 6.40. The largest absolute Gasteiger partial charge is 0.301 e. The fourth-order valence-corrected chi connectivity index (χ4v) is 3.49. The average molecular weight is 268 g/mol. The summed E-state index contributed by atoms with van der Waals surface area (Å²) in [5.74, 6) is 0. The van der Waals surface area contributed by atoms with Crippen LogP contribution in [-0.2, 0) is 0 Å². The normalized spacial score (nSPS) is 17.2. The van der Waals surface area contributed by atoms with Gasteiger partial charge < -0.3 is 4.90 Å². The fourth-order valence-electron chi connectivity index (χ4n) is 3.49. The van der Waals surface area contributed by atoms with Crippen LogP contribution < -0.4 is 0 Å². The minimum atomic E-state index is 0.920. The van der Waals surface area contributed by atoms with Gasteiger partial charge in [-0.3, -0.25) is 0 Å². The predicted octanol–water partition coefficient (Wildman–Crippen LogP) is 5.78. The Bertz CT molecular complexity index is 184. The third-order valence-corrected chi connectivity index (χ3v) is 4.80. The summed E-state index contributed by atoms with van der Waals surface area (Å²) < 4.78 is 0. The zero-order valence-corrected chi connectivity index (χ0v) is 13.6. The fraction of sp³-hybridized carbons (Fsp3) is 1.00. The van der Waals surface area contributed by atoms with Crippen molar-refractivity contribution in [1.82, 2.24) is 4.90 Å². The minimum absolute atomic E-state index is 0.920. The van der Waals surface area contributed by atoms with Crippen molar-refractivity contribution >= 4 is 0 Å². The molecule has 0 saturated heterocycles. The molecule has 0 aromatic rings. The van der Waals surface area contributed by atoms with Crippen molar-refractivity contribution in [2.75, 3.05) is 13.1 Å². The van der Waals surface area contributed by atoms with E-state index in [1.807, 2.05) is 0 Å². The van der Waals surface area contributed by atoms with Gasteiger partial charge in [0.15, 0.2) is 0 Å². The van der Waals surface area contributed by atoms with Crippen molar-refractivity contribution in [1.29, 1.82) is 0 Å². The number of nitrogens with zero attached hydrogens (tertiary/aromatic N) is 1. The summed E-state index contributed by atoms with van der Waals surface area (Å²) in [5.41, 5.74) is 0. The average Bonchev–Trinajstić information content (AvgIpc) is 2.47. The summed E-state index contributed by atoms with van der Waals surface area (Å²) in [4.78, 5) is 2.76. The highest BCUT2D eigenvalue weighted by molar-refractivity contribution is 4.74. The summed E-state index contributed by atoms with van der Waals surface area (Å²) in [6, 6.07) is 0.920. The molecule has 0 aromatic carbocycles. The van der Waals surface area contributed by atoms with Crippen LogP contribution in [0.4, 0.5) is 0 Å². The van der Waals surface area contributed by atoms with Crippen molar-refractivity contribution in [2.45, 2.75) is 103 Å². The Morgan fingerprint density at radius 2 is 1.32 bits per heavy atom. The molecule has 0 aliphatic heterocycles. The molecular formula is C18H37N. The van der Waals surface area contributed by atoms with Gasteiger partial charge in [0.25, 0.3) is 0 Å². The Morgan fingerprint density at radius 1 is 0.737 bits per heavy atom. The molecule has 19 heavy (non-hydrogen) atoms. The number of unbranched alkanes of at least 4 members (excludes halogenated alkanes) is 7. The first kappa shape index (κ1) is 17.0. The van der Waals surface area contributed by atoms with Crippen LogP contribution >= 0.6 is 0 Å². The molecule has 1 saturated carbocycles. The monoisotopic (exact) mass is 267 g/mol.